The number of piperazine rings is 1. The van der Waals surface area contributed by atoms with Crippen molar-refractivity contribution in [3.63, 3.8) is 0 Å². The monoisotopic (exact) mass is 569 g/mol. The second kappa shape index (κ2) is 12.3. The maximum Gasteiger partial charge on any atom is 0.318 e. The zero-order valence-corrected chi connectivity index (χ0v) is 25.0. The topological polar surface area (TPSA) is 88.8 Å². The summed E-state index contributed by atoms with van der Waals surface area (Å²) in [5, 5.41) is 9.53. The molecule has 0 N–H and O–H groups in total. The number of hydrogen-bond donors (Lipinski definition) is 0. The molecule has 42 heavy (non-hydrogen) atoms. The number of nitriles is 1. The minimum atomic E-state index is -0.215. The summed E-state index contributed by atoms with van der Waals surface area (Å²) in [6.45, 7) is 14.9. The lowest BCUT2D eigenvalue weighted by atomic mass is 10.0. The van der Waals surface area contributed by atoms with Gasteiger partial charge in [0.05, 0.1) is 30.8 Å². The summed E-state index contributed by atoms with van der Waals surface area (Å²) in [7, 11) is 0. The quantitative estimate of drug-likeness (QED) is 0.420. The number of para-hydroxylation sites is 1. The fraction of sp³-hybridized carbons (Fsp3) is 0.576. The second-order valence-electron chi connectivity index (χ2n) is 12.4. The maximum absolute atomic E-state index is 12.5. The molecule has 4 heterocycles. The van der Waals surface area contributed by atoms with Gasteiger partial charge >= 0.3 is 6.01 Å². The van der Waals surface area contributed by atoms with Crippen LogP contribution in [0.15, 0.2) is 36.9 Å². The Labute approximate surface area is 249 Å². The molecule has 1 saturated carbocycles. The van der Waals surface area contributed by atoms with E-state index >= 15 is 0 Å². The molecule has 1 aliphatic carbocycles. The van der Waals surface area contributed by atoms with Crippen LogP contribution >= 0.6 is 0 Å². The number of ether oxygens (including phenoxy) is 1. The third kappa shape index (κ3) is 5.96. The Balaban J connectivity index is 1.26. The number of nitrogens with zero attached hydrogens (tertiary/aromatic N) is 7. The highest BCUT2D eigenvalue weighted by molar-refractivity contribution is 5.87. The summed E-state index contributed by atoms with van der Waals surface area (Å²) in [6, 6.07) is 11.0. The zero-order chi connectivity index (χ0) is 29.2. The third-order valence-corrected chi connectivity index (χ3v) is 9.61. The van der Waals surface area contributed by atoms with Crippen molar-refractivity contribution in [3.8, 4) is 12.1 Å². The maximum atomic E-state index is 12.5. The van der Waals surface area contributed by atoms with E-state index in [2.05, 4.69) is 65.5 Å². The Morgan fingerprint density at radius 3 is 2.74 bits per heavy atom. The van der Waals surface area contributed by atoms with Crippen LogP contribution in [0.2, 0.25) is 0 Å². The summed E-state index contributed by atoms with van der Waals surface area (Å²) in [4.78, 5) is 31.6. The number of carbonyl (C=O) groups excluding carboxylic acids is 1. The third-order valence-electron chi connectivity index (χ3n) is 9.61. The van der Waals surface area contributed by atoms with Crippen molar-refractivity contribution in [3.05, 3.63) is 53.7 Å². The van der Waals surface area contributed by atoms with E-state index in [1.807, 2.05) is 0 Å². The van der Waals surface area contributed by atoms with Gasteiger partial charge in [-0.2, -0.15) is 15.2 Å². The highest BCUT2D eigenvalue weighted by Crippen LogP contribution is 2.43. The van der Waals surface area contributed by atoms with Gasteiger partial charge in [-0.25, -0.2) is 0 Å². The van der Waals surface area contributed by atoms with Gasteiger partial charge in [-0.15, -0.1) is 0 Å². The van der Waals surface area contributed by atoms with Gasteiger partial charge in [0.25, 0.3) is 0 Å². The molecule has 2 saturated heterocycles. The number of rotatable bonds is 9. The predicted molar refractivity (Wildman–Crippen MR) is 163 cm³/mol. The molecule has 3 fully saturated rings. The van der Waals surface area contributed by atoms with E-state index in [1.165, 1.54) is 56.2 Å². The van der Waals surface area contributed by atoms with Crippen molar-refractivity contribution < 1.29 is 9.53 Å². The molecule has 1 aromatic carbocycles. The van der Waals surface area contributed by atoms with E-state index in [-0.39, 0.29) is 24.5 Å². The summed E-state index contributed by atoms with van der Waals surface area (Å²) < 4.78 is 6.53. The van der Waals surface area contributed by atoms with Gasteiger partial charge in [-0.05, 0) is 76.2 Å². The smallest absolute Gasteiger partial charge is 0.318 e. The van der Waals surface area contributed by atoms with Crippen LogP contribution < -0.4 is 14.5 Å². The fourth-order valence-electron chi connectivity index (χ4n) is 7.17. The average molecular weight is 570 g/mol. The Hall–Kier alpha value is -3.64. The predicted octanol–water partition coefficient (Wildman–Crippen LogP) is 3.96. The van der Waals surface area contributed by atoms with Gasteiger partial charge in [0.15, 0.2) is 0 Å². The first-order valence-electron chi connectivity index (χ1n) is 15.6. The average Bonchev–Trinajstić information content (AvgIpc) is 3.58. The lowest BCUT2D eigenvalue weighted by Crippen LogP contribution is -2.55. The van der Waals surface area contributed by atoms with Gasteiger partial charge in [0.1, 0.15) is 11.9 Å². The summed E-state index contributed by atoms with van der Waals surface area (Å²) >= 11 is 0. The molecule has 1 amide bonds. The van der Waals surface area contributed by atoms with Gasteiger partial charge < -0.3 is 24.3 Å². The van der Waals surface area contributed by atoms with Crippen LogP contribution in [0.3, 0.4) is 0 Å². The van der Waals surface area contributed by atoms with E-state index in [1.54, 1.807) is 4.90 Å². The van der Waals surface area contributed by atoms with E-state index in [9.17, 15) is 10.1 Å². The lowest BCUT2D eigenvalue weighted by molar-refractivity contribution is -0.128. The Morgan fingerprint density at radius 1 is 1.17 bits per heavy atom. The molecular weight excluding hydrogens is 526 g/mol. The van der Waals surface area contributed by atoms with Gasteiger partial charge in [-0.1, -0.05) is 24.8 Å². The SMILES string of the molecule is C=CC(=O)N1CCN(c2nc(O[C@H](C)C3CC3CN3CCCC3)nc3c2CCN(c2ccccc2C)C3)CC1CC#N. The van der Waals surface area contributed by atoms with Crippen molar-refractivity contribution in [2.75, 3.05) is 55.6 Å². The molecule has 0 spiro atoms. The number of carbonyl (C=O) groups is 1. The molecule has 3 unspecified atom stereocenters. The number of amides is 1. The minimum Gasteiger partial charge on any atom is -0.460 e. The molecule has 9 heteroatoms. The van der Waals surface area contributed by atoms with Crippen molar-refractivity contribution in [1.82, 2.24) is 19.8 Å². The number of aryl methyl sites for hydroxylation is 1. The van der Waals surface area contributed by atoms with Gasteiger partial charge in [-0.3, -0.25) is 4.79 Å². The first kappa shape index (κ1) is 28.5. The fourth-order valence-corrected chi connectivity index (χ4v) is 7.17. The number of fused-ring (bicyclic) bond motifs is 1. The molecule has 222 valence electrons. The van der Waals surface area contributed by atoms with Crippen LogP contribution in [0, 0.1) is 30.1 Å². The second-order valence-corrected chi connectivity index (χ2v) is 12.4. The molecule has 1 aromatic heterocycles. The lowest BCUT2D eigenvalue weighted by Gasteiger charge is -2.42. The van der Waals surface area contributed by atoms with Crippen molar-refractivity contribution in [2.45, 2.75) is 64.6 Å². The van der Waals surface area contributed by atoms with Crippen molar-refractivity contribution in [1.29, 1.82) is 5.26 Å². The van der Waals surface area contributed by atoms with Crippen LogP contribution in [0.25, 0.3) is 0 Å². The number of likely N-dealkylation sites (tertiary alicyclic amines) is 1. The van der Waals surface area contributed by atoms with Crippen LogP contribution in [0.4, 0.5) is 11.5 Å². The van der Waals surface area contributed by atoms with E-state index in [0.29, 0.717) is 44.0 Å². The van der Waals surface area contributed by atoms with Gasteiger partial charge in [0.2, 0.25) is 5.91 Å². The summed E-state index contributed by atoms with van der Waals surface area (Å²) in [6.07, 6.45) is 6.32. The molecule has 3 aliphatic heterocycles. The summed E-state index contributed by atoms with van der Waals surface area (Å²) in [5.74, 6) is 1.99. The molecule has 2 aromatic rings. The number of anilines is 2. The van der Waals surface area contributed by atoms with E-state index < -0.39 is 0 Å². The molecule has 6 rings (SSSR count). The summed E-state index contributed by atoms with van der Waals surface area (Å²) in [5.41, 5.74) is 4.63. The van der Waals surface area contributed by atoms with Crippen LogP contribution in [-0.2, 0) is 17.8 Å². The molecule has 4 atom stereocenters. The standard InChI is InChI=1S/C33H43N7O2/c1-4-31(41)40-18-17-39(21-26(40)11-13-34)32-27-12-16-38(30-10-6-5-9-23(30)2)22-29(27)35-33(36-32)42-24(3)28-19-25(28)20-37-14-7-8-15-37/h4-6,9-10,24-26,28H,1,7-8,11-12,14-22H2,2-3H3/t24-,25?,26?,28?/m1/s1. The van der Waals surface area contributed by atoms with Crippen LogP contribution in [0.1, 0.15) is 49.4 Å². The van der Waals surface area contributed by atoms with Crippen LogP contribution in [-0.4, -0.2) is 83.6 Å². The first-order chi connectivity index (χ1) is 20.4. The zero-order valence-electron chi connectivity index (χ0n) is 25.0. The molecular formula is C33H43N7O2. The highest BCUT2D eigenvalue weighted by Gasteiger charge is 2.44. The first-order valence-corrected chi connectivity index (χ1v) is 15.6. The minimum absolute atomic E-state index is 0.0490. The Morgan fingerprint density at radius 2 is 1.98 bits per heavy atom. The molecule has 0 bridgehead atoms. The number of aromatic nitrogens is 2. The molecule has 9 nitrogen and oxygen atoms in total. The molecule has 0 radical (unpaired) electrons. The van der Waals surface area contributed by atoms with E-state index in [0.717, 1.165) is 30.0 Å². The van der Waals surface area contributed by atoms with Crippen molar-refractivity contribution >= 4 is 17.4 Å². The van der Waals surface area contributed by atoms with Crippen LogP contribution in [0.5, 0.6) is 6.01 Å². The van der Waals surface area contributed by atoms with Crippen molar-refractivity contribution in [2.24, 2.45) is 11.8 Å². The normalized spacial score (nSPS) is 24.6. The Bertz CT molecular complexity index is 1350. The highest BCUT2D eigenvalue weighted by atomic mass is 16.5. The Kier molecular flexibility index (Phi) is 8.34. The van der Waals surface area contributed by atoms with Gasteiger partial charge in [0, 0.05) is 49.9 Å². The molecule has 4 aliphatic rings. The largest absolute Gasteiger partial charge is 0.460 e. The number of hydrogen-bond acceptors (Lipinski definition) is 8. The number of benzene rings is 1. The van der Waals surface area contributed by atoms with E-state index in [4.69, 9.17) is 14.7 Å².